The summed E-state index contributed by atoms with van der Waals surface area (Å²) >= 11 is 5.41. The Hall–Kier alpha value is 1.28. The molecule has 0 amide bonds. The summed E-state index contributed by atoms with van der Waals surface area (Å²) in [6, 6.07) is 10.9. The van der Waals surface area contributed by atoms with Gasteiger partial charge in [0.2, 0.25) is 0 Å². The van der Waals surface area contributed by atoms with Gasteiger partial charge in [0, 0.05) is 5.56 Å². The molecule has 0 aromatic heterocycles. The van der Waals surface area contributed by atoms with E-state index >= 15 is 0 Å². The van der Waals surface area contributed by atoms with Crippen LogP contribution in [0.5, 0.6) is 0 Å². The number of rotatable bonds is 3. The highest BCUT2D eigenvalue weighted by Crippen LogP contribution is 2.80. The smallest absolute Gasteiger partial charge is 0.0622 e. The summed E-state index contributed by atoms with van der Waals surface area (Å²) in [4.78, 5) is -0.876. The van der Waals surface area contributed by atoms with E-state index in [2.05, 4.69) is 99.9 Å². The normalized spacial score (nSPS) is 28.7. The number of hydrogen-bond donors (Lipinski definition) is 0. The number of benzene rings is 1. The molecule has 1 fully saturated rings. The topological polar surface area (TPSA) is 0 Å². The largest absolute Gasteiger partial charge is 0.160 e. The Kier molecular flexibility index (Phi) is 5.94. The monoisotopic (exact) mass is 503 g/mol. The van der Waals surface area contributed by atoms with Gasteiger partial charge in [-0.3, -0.25) is 0 Å². The third-order valence-corrected chi connectivity index (χ3v) is 18.4. The zero-order chi connectivity index (χ0) is 13.2. The molecule has 0 radical (unpaired) electrons. The van der Waals surface area contributed by atoms with E-state index in [1.165, 1.54) is 18.1 Å². The third-order valence-electron chi connectivity index (χ3n) is 3.78. The van der Waals surface area contributed by atoms with E-state index in [-0.39, 0.29) is 5.56 Å². The first kappa shape index (κ1) is 15.7. The Morgan fingerprint density at radius 1 is 1.17 bits per heavy atom. The maximum absolute atomic E-state index is 2.80. The lowest BCUT2D eigenvalue weighted by Crippen LogP contribution is -2.01. The molecule has 1 aromatic rings. The molecule has 1 saturated heterocycles. The van der Waals surface area contributed by atoms with Gasteiger partial charge in [0.05, 0.1) is 17.1 Å². The molecule has 0 N–H and O–H groups in total. The highest BCUT2D eigenvalue weighted by Gasteiger charge is 2.49. The molecule has 2 rings (SSSR count). The van der Waals surface area contributed by atoms with Crippen LogP contribution in [0.25, 0.3) is 0 Å². The average molecular weight is 503 g/mol. The van der Waals surface area contributed by atoms with E-state index in [0.717, 1.165) is 11.3 Å². The van der Waals surface area contributed by atoms with Gasteiger partial charge >= 0.3 is 0 Å². The van der Waals surface area contributed by atoms with Crippen LogP contribution in [0.4, 0.5) is 0 Å². The summed E-state index contributed by atoms with van der Waals surface area (Å²) in [5, 5.41) is 1.48. The summed E-state index contributed by atoms with van der Waals surface area (Å²) in [5.41, 5.74) is 1.68. The second kappa shape index (κ2) is 6.83. The van der Waals surface area contributed by atoms with E-state index in [1.54, 1.807) is 0 Å². The van der Waals surface area contributed by atoms with Gasteiger partial charge in [-0.05, 0) is 59.9 Å². The van der Waals surface area contributed by atoms with Crippen molar-refractivity contribution < 1.29 is 0 Å². The lowest BCUT2D eigenvalue weighted by Gasteiger charge is -2.19. The zero-order valence-electron chi connectivity index (χ0n) is 10.8. The molecule has 0 nitrogen and oxygen atoms in total. The summed E-state index contributed by atoms with van der Waals surface area (Å²) < 4.78 is 0. The van der Waals surface area contributed by atoms with E-state index in [0.29, 0.717) is 0 Å². The summed E-state index contributed by atoms with van der Waals surface area (Å²) in [6.45, 7) is 4.90. The first-order chi connectivity index (χ1) is 8.54. The predicted octanol–water partition coefficient (Wildman–Crippen LogP) is 6.55. The molecular formula is C14H19I2P2+. The molecule has 0 unspecified atom stereocenters. The van der Waals surface area contributed by atoms with Crippen molar-refractivity contribution in [3.63, 3.8) is 0 Å². The van der Waals surface area contributed by atoms with Crippen LogP contribution in [0.15, 0.2) is 42.0 Å². The fourth-order valence-electron chi connectivity index (χ4n) is 2.42. The molecule has 0 spiro atoms. The van der Waals surface area contributed by atoms with Crippen LogP contribution in [-0.4, -0.2) is 11.3 Å². The van der Waals surface area contributed by atoms with Crippen molar-refractivity contribution in [1.29, 1.82) is 0 Å². The Morgan fingerprint density at radius 2 is 1.72 bits per heavy atom. The van der Waals surface area contributed by atoms with Crippen LogP contribution in [0.3, 0.4) is 0 Å². The van der Waals surface area contributed by atoms with E-state index in [9.17, 15) is 0 Å². The van der Waals surface area contributed by atoms with Crippen molar-refractivity contribution >= 4 is 59.9 Å². The molecule has 4 heteroatoms. The van der Waals surface area contributed by atoms with Gasteiger partial charge < -0.3 is 0 Å². The minimum absolute atomic E-state index is 0.149. The second-order valence-corrected chi connectivity index (χ2v) is 18.1. The van der Waals surface area contributed by atoms with Gasteiger partial charge in [0.25, 0.3) is 0 Å². The molecule has 0 bridgehead atoms. The maximum Gasteiger partial charge on any atom is 0.160 e. The van der Waals surface area contributed by atoms with Crippen LogP contribution in [0.1, 0.15) is 26.7 Å². The van der Waals surface area contributed by atoms with E-state index in [4.69, 9.17) is 0 Å². The van der Waals surface area contributed by atoms with Crippen molar-refractivity contribution in [2.75, 3.05) is 0 Å². The Labute approximate surface area is 138 Å². The van der Waals surface area contributed by atoms with Crippen LogP contribution in [-0.2, 0) is 0 Å². The van der Waals surface area contributed by atoms with Crippen LogP contribution < -0.4 is 5.30 Å². The first-order valence-electron chi connectivity index (χ1n) is 6.31. The lowest BCUT2D eigenvalue weighted by atomic mass is 10.2. The molecule has 1 aliphatic heterocycles. The van der Waals surface area contributed by atoms with Gasteiger partial charge in [-0.15, -0.1) is 0 Å². The Balaban J connectivity index is 2.11. The standard InChI is InChI=1S/C14H19I2P2/c1-12-8-9-13(2)18(12,16)11-10-17(15)14-6-4-3-5-7-14/h3-7,10-13H,8-9H2,1-2H3/q+1/b11-10-/t12-,13-,17-/m0/s1. The summed E-state index contributed by atoms with van der Waals surface area (Å²) in [5.74, 6) is 5.12. The average Bonchev–Trinajstić information content (AvgIpc) is 2.65. The highest BCUT2D eigenvalue weighted by atomic mass is 127. The molecule has 1 heterocycles. The lowest BCUT2D eigenvalue weighted by molar-refractivity contribution is 0.777. The summed E-state index contributed by atoms with van der Waals surface area (Å²) in [7, 11) is 0. The highest BCUT2D eigenvalue weighted by molar-refractivity contribution is 14.2. The SMILES string of the molecule is C[C@H]1CC[C@H](C)[P+]1(I)/C=C\[P@](I)c1ccccc1. The van der Waals surface area contributed by atoms with Gasteiger partial charge in [-0.25, -0.2) is 0 Å². The number of hydrogen-bond acceptors (Lipinski definition) is 0. The fourth-order valence-corrected chi connectivity index (χ4v) is 12.1. The second-order valence-electron chi connectivity index (χ2n) is 4.96. The molecule has 3 atom stereocenters. The molecule has 0 aliphatic carbocycles. The molecule has 1 aromatic carbocycles. The third kappa shape index (κ3) is 3.48. The molecular weight excluding hydrogens is 484 g/mol. The van der Waals surface area contributed by atoms with Crippen LogP contribution in [0, 0.1) is 0 Å². The minimum atomic E-state index is -0.876. The predicted molar refractivity (Wildman–Crippen MR) is 105 cm³/mol. The van der Waals surface area contributed by atoms with Crippen molar-refractivity contribution in [3.05, 3.63) is 42.0 Å². The quantitative estimate of drug-likeness (QED) is 0.324. The van der Waals surface area contributed by atoms with Gasteiger partial charge in [-0.2, -0.15) is 0 Å². The molecule has 98 valence electrons. The molecule has 0 saturated carbocycles. The van der Waals surface area contributed by atoms with Crippen LogP contribution >= 0.6 is 54.6 Å². The molecule has 18 heavy (non-hydrogen) atoms. The maximum atomic E-state index is 2.80. The Bertz CT molecular complexity index is 409. The first-order valence-corrected chi connectivity index (χ1v) is 15.3. The van der Waals surface area contributed by atoms with Crippen molar-refractivity contribution in [2.45, 2.75) is 38.0 Å². The van der Waals surface area contributed by atoms with Crippen LogP contribution in [0.2, 0.25) is 0 Å². The van der Waals surface area contributed by atoms with E-state index < -0.39 is 4.90 Å². The van der Waals surface area contributed by atoms with E-state index in [1.807, 2.05) is 0 Å². The zero-order valence-corrected chi connectivity index (χ0v) is 16.9. The van der Waals surface area contributed by atoms with Crippen molar-refractivity contribution in [3.8, 4) is 0 Å². The summed E-state index contributed by atoms with van der Waals surface area (Å²) in [6.07, 6.45) is 2.85. The Morgan fingerprint density at radius 3 is 2.28 bits per heavy atom. The van der Waals surface area contributed by atoms with Gasteiger partial charge in [-0.1, -0.05) is 30.3 Å². The van der Waals surface area contributed by atoms with Crippen molar-refractivity contribution in [2.24, 2.45) is 0 Å². The minimum Gasteiger partial charge on any atom is -0.0622 e. The fraction of sp³-hybridized carbons (Fsp3) is 0.429. The van der Waals surface area contributed by atoms with Gasteiger partial charge in [0.15, 0.2) is 22.0 Å². The van der Waals surface area contributed by atoms with Gasteiger partial charge in [0.1, 0.15) is 4.90 Å². The number of halogens is 2. The molecule has 1 aliphatic rings. The van der Waals surface area contributed by atoms with Crippen molar-refractivity contribution in [1.82, 2.24) is 0 Å².